The number of carbonyl (C=O) groups excluding carboxylic acids is 1. The first kappa shape index (κ1) is 22.0. The van der Waals surface area contributed by atoms with Crippen molar-refractivity contribution in [2.24, 2.45) is 0 Å². The van der Waals surface area contributed by atoms with E-state index in [1.807, 2.05) is 54.6 Å². The summed E-state index contributed by atoms with van der Waals surface area (Å²) in [5.41, 5.74) is 2.00. The number of benzene rings is 2. The number of hydrogen-bond acceptors (Lipinski definition) is 5. The molecule has 2 aromatic carbocycles. The van der Waals surface area contributed by atoms with Crippen LogP contribution < -0.4 is 10.1 Å². The fourth-order valence-corrected chi connectivity index (χ4v) is 5.59. The van der Waals surface area contributed by atoms with Gasteiger partial charge in [-0.2, -0.15) is 0 Å². The highest BCUT2D eigenvalue weighted by Gasteiger charge is 2.32. The van der Waals surface area contributed by atoms with Crippen molar-refractivity contribution in [3.05, 3.63) is 60.2 Å². The zero-order valence-corrected chi connectivity index (χ0v) is 19.8. The number of hydrogen-bond donors (Lipinski definition) is 1. The van der Waals surface area contributed by atoms with E-state index in [0.29, 0.717) is 12.1 Å². The summed E-state index contributed by atoms with van der Waals surface area (Å²) >= 11 is 1.52. The Morgan fingerprint density at radius 3 is 2.39 bits per heavy atom. The van der Waals surface area contributed by atoms with Gasteiger partial charge in [0, 0.05) is 17.6 Å². The average molecular weight is 463 g/mol. The van der Waals surface area contributed by atoms with E-state index in [0.717, 1.165) is 53.5 Å². The van der Waals surface area contributed by atoms with Crippen LogP contribution in [0.1, 0.15) is 61.8 Å². The van der Waals surface area contributed by atoms with Gasteiger partial charge in [0.15, 0.2) is 11.0 Å². The lowest BCUT2D eigenvalue weighted by Gasteiger charge is -2.26. The van der Waals surface area contributed by atoms with Gasteiger partial charge in [-0.25, -0.2) is 0 Å². The molecule has 5 rings (SSSR count). The monoisotopic (exact) mass is 462 g/mol. The van der Waals surface area contributed by atoms with E-state index < -0.39 is 0 Å². The number of ether oxygens (including phenoxy) is 1. The average Bonchev–Trinajstić information content (AvgIpc) is 3.59. The molecule has 2 saturated carbocycles. The molecule has 0 saturated heterocycles. The number of nitrogens with one attached hydrogen (secondary N) is 1. The van der Waals surface area contributed by atoms with Crippen LogP contribution in [0, 0.1) is 0 Å². The molecule has 1 amide bonds. The highest BCUT2D eigenvalue weighted by atomic mass is 32.2. The molecule has 1 atom stereocenters. The maximum Gasteiger partial charge on any atom is 0.238 e. The van der Waals surface area contributed by atoms with Crippen molar-refractivity contribution in [3.63, 3.8) is 0 Å². The third-order valence-corrected chi connectivity index (χ3v) is 7.65. The molecule has 2 aliphatic carbocycles. The van der Waals surface area contributed by atoms with Gasteiger partial charge < -0.3 is 10.1 Å². The minimum absolute atomic E-state index is 0.0536. The molecule has 7 heteroatoms. The predicted molar refractivity (Wildman–Crippen MR) is 130 cm³/mol. The SMILES string of the molecule is COc1ccc(-c2nnc(S[C@H](C(=O)NC3CC3)c3ccccc3)n2C2CCCCC2)cc1. The Labute approximate surface area is 199 Å². The van der Waals surface area contributed by atoms with Gasteiger partial charge in [0.05, 0.1) is 7.11 Å². The fourth-order valence-electron chi connectivity index (χ4n) is 4.47. The van der Waals surface area contributed by atoms with Crippen molar-refractivity contribution in [2.45, 2.75) is 67.4 Å². The van der Waals surface area contributed by atoms with E-state index in [9.17, 15) is 4.79 Å². The van der Waals surface area contributed by atoms with Crippen LogP contribution in [0.25, 0.3) is 11.4 Å². The summed E-state index contributed by atoms with van der Waals surface area (Å²) in [7, 11) is 1.67. The Balaban J connectivity index is 1.51. The topological polar surface area (TPSA) is 69.0 Å². The summed E-state index contributed by atoms with van der Waals surface area (Å²) in [5, 5.41) is 12.9. The molecule has 0 aliphatic heterocycles. The van der Waals surface area contributed by atoms with Crippen LogP contribution in [0.15, 0.2) is 59.8 Å². The Morgan fingerprint density at radius 1 is 1.00 bits per heavy atom. The lowest BCUT2D eigenvalue weighted by Crippen LogP contribution is -2.30. The molecule has 2 aliphatic rings. The van der Waals surface area contributed by atoms with E-state index in [2.05, 4.69) is 20.1 Å². The zero-order valence-electron chi connectivity index (χ0n) is 18.9. The van der Waals surface area contributed by atoms with Crippen molar-refractivity contribution >= 4 is 17.7 Å². The number of rotatable bonds is 8. The minimum atomic E-state index is -0.359. The third-order valence-electron chi connectivity index (χ3n) is 6.44. The van der Waals surface area contributed by atoms with Crippen molar-refractivity contribution in [1.29, 1.82) is 0 Å². The first-order valence-corrected chi connectivity index (χ1v) is 12.7. The van der Waals surface area contributed by atoms with Crippen LogP contribution in [0.2, 0.25) is 0 Å². The highest BCUT2D eigenvalue weighted by molar-refractivity contribution is 8.00. The Hall–Kier alpha value is -2.80. The summed E-state index contributed by atoms with van der Waals surface area (Å²) in [5.74, 6) is 1.73. The fraction of sp³-hybridized carbons (Fsp3) is 0.423. The second kappa shape index (κ2) is 10.00. The second-order valence-electron chi connectivity index (χ2n) is 8.89. The summed E-state index contributed by atoms with van der Waals surface area (Å²) in [6.45, 7) is 0. The smallest absolute Gasteiger partial charge is 0.238 e. The largest absolute Gasteiger partial charge is 0.497 e. The minimum Gasteiger partial charge on any atom is -0.497 e. The molecule has 2 fully saturated rings. The summed E-state index contributed by atoms with van der Waals surface area (Å²) < 4.78 is 7.61. The van der Waals surface area contributed by atoms with Crippen LogP contribution >= 0.6 is 11.8 Å². The van der Waals surface area contributed by atoms with Gasteiger partial charge in [-0.1, -0.05) is 61.4 Å². The number of carbonyl (C=O) groups is 1. The molecular formula is C26H30N4O2S. The van der Waals surface area contributed by atoms with Crippen LogP contribution in [-0.4, -0.2) is 33.8 Å². The van der Waals surface area contributed by atoms with Gasteiger partial charge in [-0.15, -0.1) is 10.2 Å². The predicted octanol–water partition coefficient (Wildman–Crippen LogP) is 5.57. The zero-order chi connectivity index (χ0) is 22.6. The molecule has 33 heavy (non-hydrogen) atoms. The molecule has 0 unspecified atom stereocenters. The molecule has 6 nitrogen and oxygen atoms in total. The van der Waals surface area contributed by atoms with Crippen molar-refractivity contribution in [3.8, 4) is 17.1 Å². The molecular weight excluding hydrogens is 432 g/mol. The van der Waals surface area contributed by atoms with E-state index in [-0.39, 0.29) is 11.2 Å². The van der Waals surface area contributed by atoms with E-state index in [1.165, 1.54) is 31.0 Å². The molecule has 0 radical (unpaired) electrons. The molecule has 0 spiro atoms. The van der Waals surface area contributed by atoms with Gasteiger partial charge >= 0.3 is 0 Å². The lowest BCUT2D eigenvalue weighted by atomic mass is 9.95. The highest BCUT2D eigenvalue weighted by Crippen LogP contribution is 2.41. The number of nitrogens with zero attached hydrogens (tertiary/aromatic N) is 3. The van der Waals surface area contributed by atoms with Crippen molar-refractivity contribution in [1.82, 2.24) is 20.1 Å². The summed E-state index contributed by atoms with van der Waals surface area (Å²) in [6, 6.07) is 18.6. The Bertz CT molecular complexity index is 1070. The molecule has 0 bridgehead atoms. The number of methoxy groups -OCH3 is 1. The van der Waals surface area contributed by atoms with Gasteiger partial charge in [-0.3, -0.25) is 9.36 Å². The standard InChI is InChI=1S/C26H30N4O2S/c1-32-22-16-12-19(13-17-22)24-28-29-26(30(24)21-10-6-3-7-11-21)33-23(18-8-4-2-5-9-18)25(31)27-20-14-15-20/h2,4-5,8-9,12-13,16-17,20-21,23H,3,6-7,10-11,14-15H2,1H3,(H,27,31)/t23-/m0/s1. The van der Waals surface area contributed by atoms with E-state index in [4.69, 9.17) is 4.74 Å². The quantitative estimate of drug-likeness (QED) is 0.443. The van der Waals surface area contributed by atoms with Gasteiger partial charge in [0.1, 0.15) is 11.0 Å². The molecule has 1 aromatic heterocycles. The normalized spacial score (nSPS) is 17.5. The van der Waals surface area contributed by atoms with Crippen LogP contribution in [0.3, 0.4) is 0 Å². The maximum absolute atomic E-state index is 13.2. The molecule has 3 aromatic rings. The second-order valence-corrected chi connectivity index (χ2v) is 9.96. The van der Waals surface area contributed by atoms with Crippen molar-refractivity contribution < 1.29 is 9.53 Å². The summed E-state index contributed by atoms with van der Waals surface area (Å²) in [6.07, 6.45) is 8.04. The first-order chi connectivity index (χ1) is 16.2. The first-order valence-electron chi connectivity index (χ1n) is 11.8. The number of thioether (sulfide) groups is 1. The Kier molecular flexibility index (Phi) is 6.67. The molecule has 172 valence electrons. The number of aromatic nitrogens is 3. The van der Waals surface area contributed by atoms with Crippen LogP contribution in [0.4, 0.5) is 0 Å². The van der Waals surface area contributed by atoms with Crippen LogP contribution in [0.5, 0.6) is 5.75 Å². The van der Waals surface area contributed by atoms with E-state index >= 15 is 0 Å². The lowest BCUT2D eigenvalue weighted by molar-refractivity contribution is -0.120. The molecule has 1 heterocycles. The Morgan fingerprint density at radius 2 is 1.73 bits per heavy atom. The molecule has 1 N–H and O–H groups in total. The van der Waals surface area contributed by atoms with Gasteiger partial charge in [-0.05, 0) is 55.5 Å². The number of amides is 1. The third kappa shape index (κ3) is 5.08. The summed E-state index contributed by atoms with van der Waals surface area (Å²) in [4.78, 5) is 13.2. The van der Waals surface area contributed by atoms with Gasteiger partial charge in [0.2, 0.25) is 5.91 Å². The van der Waals surface area contributed by atoms with Crippen LogP contribution in [-0.2, 0) is 4.79 Å². The van der Waals surface area contributed by atoms with E-state index in [1.54, 1.807) is 7.11 Å². The maximum atomic E-state index is 13.2. The van der Waals surface area contributed by atoms with Crippen molar-refractivity contribution in [2.75, 3.05) is 7.11 Å². The van der Waals surface area contributed by atoms with Gasteiger partial charge in [0.25, 0.3) is 0 Å².